The molecular formula is C20H24N2O2S. The van der Waals surface area contributed by atoms with Crippen LogP contribution in [0.5, 0.6) is 5.75 Å². The SMILES string of the molecule is Cc1ccccc1OCC1c2ccsc2CCN1C(=O)CNC1CC1. The average Bonchev–Trinajstić information content (AvgIpc) is 3.33. The summed E-state index contributed by atoms with van der Waals surface area (Å²) < 4.78 is 6.11. The van der Waals surface area contributed by atoms with Crippen LogP contribution in [0.3, 0.4) is 0 Å². The Bertz CT molecular complexity index is 754. The minimum absolute atomic E-state index is 0.00288. The molecule has 4 nitrogen and oxygen atoms in total. The summed E-state index contributed by atoms with van der Waals surface area (Å²) in [7, 11) is 0. The van der Waals surface area contributed by atoms with Gasteiger partial charge in [-0.15, -0.1) is 11.3 Å². The number of benzene rings is 1. The van der Waals surface area contributed by atoms with Gasteiger partial charge in [-0.1, -0.05) is 18.2 Å². The van der Waals surface area contributed by atoms with Gasteiger partial charge in [0.15, 0.2) is 0 Å². The van der Waals surface area contributed by atoms with E-state index in [1.807, 2.05) is 23.1 Å². The van der Waals surface area contributed by atoms with Gasteiger partial charge < -0.3 is 15.0 Å². The molecule has 132 valence electrons. The number of amides is 1. The van der Waals surface area contributed by atoms with Gasteiger partial charge in [0.05, 0.1) is 12.6 Å². The van der Waals surface area contributed by atoms with E-state index in [0.29, 0.717) is 19.2 Å². The van der Waals surface area contributed by atoms with Crippen LogP contribution in [0.15, 0.2) is 35.7 Å². The smallest absolute Gasteiger partial charge is 0.237 e. The van der Waals surface area contributed by atoms with Gasteiger partial charge in [0.2, 0.25) is 5.91 Å². The van der Waals surface area contributed by atoms with Crippen LogP contribution in [-0.2, 0) is 11.2 Å². The number of hydrogen-bond donors (Lipinski definition) is 1. The molecule has 1 N–H and O–H groups in total. The number of nitrogens with zero attached hydrogens (tertiary/aromatic N) is 1. The number of para-hydroxylation sites is 1. The van der Waals surface area contributed by atoms with E-state index in [4.69, 9.17) is 4.74 Å². The van der Waals surface area contributed by atoms with Crippen molar-refractivity contribution in [2.24, 2.45) is 0 Å². The second kappa shape index (κ2) is 7.18. The number of aryl methyl sites for hydroxylation is 1. The lowest BCUT2D eigenvalue weighted by atomic mass is 10.0. The molecule has 0 bridgehead atoms. The Labute approximate surface area is 152 Å². The first kappa shape index (κ1) is 16.6. The largest absolute Gasteiger partial charge is 0.491 e. The minimum atomic E-state index is 0.00288. The van der Waals surface area contributed by atoms with Gasteiger partial charge in [0.1, 0.15) is 12.4 Å². The number of carbonyl (C=O) groups is 1. The molecule has 1 aliphatic carbocycles. The summed E-state index contributed by atoms with van der Waals surface area (Å²) in [4.78, 5) is 16.2. The molecule has 5 heteroatoms. The van der Waals surface area contributed by atoms with Crippen LogP contribution < -0.4 is 10.1 Å². The second-order valence-corrected chi connectivity index (χ2v) is 7.88. The van der Waals surface area contributed by atoms with Crippen LogP contribution in [0, 0.1) is 6.92 Å². The second-order valence-electron chi connectivity index (χ2n) is 6.88. The monoisotopic (exact) mass is 356 g/mol. The summed E-state index contributed by atoms with van der Waals surface area (Å²) in [5.74, 6) is 1.08. The lowest BCUT2D eigenvalue weighted by Gasteiger charge is -2.36. The minimum Gasteiger partial charge on any atom is -0.491 e. The highest BCUT2D eigenvalue weighted by Gasteiger charge is 2.33. The van der Waals surface area contributed by atoms with Crippen LogP contribution >= 0.6 is 11.3 Å². The molecule has 1 unspecified atom stereocenters. The van der Waals surface area contributed by atoms with Crippen molar-refractivity contribution in [2.45, 2.75) is 38.3 Å². The topological polar surface area (TPSA) is 41.6 Å². The number of fused-ring (bicyclic) bond motifs is 1. The standard InChI is InChI=1S/C20H24N2O2S/c1-14-4-2-3-5-18(14)24-13-17-16-9-11-25-19(16)8-10-22(17)20(23)12-21-15-6-7-15/h2-5,9,11,15,17,21H,6-8,10,12-13H2,1H3. The fourth-order valence-electron chi connectivity index (χ4n) is 3.38. The fourth-order valence-corrected chi connectivity index (χ4v) is 4.31. The van der Waals surface area contributed by atoms with Gasteiger partial charge in [-0.3, -0.25) is 4.79 Å². The van der Waals surface area contributed by atoms with Crippen LogP contribution in [-0.4, -0.2) is 36.5 Å². The first-order valence-electron chi connectivity index (χ1n) is 9.00. The molecule has 2 heterocycles. The van der Waals surface area contributed by atoms with Crippen LogP contribution in [0.2, 0.25) is 0 Å². The van der Waals surface area contributed by atoms with Crippen molar-refractivity contribution in [2.75, 3.05) is 19.7 Å². The average molecular weight is 356 g/mol. The van der Waals surface area contributed by atoms with Crippen molar-refractivity contribution in [3.63, 3.8) is 0 Å². The van der Waals surface area contributed by atoms with Gasteiger partial charge in [-0.2, -0.15) is 0 Å². The lowest BCUT2D eigenvalue weighted by Crippen LogP contribution is -2.46. The predicted molar refractivity (Wildman–Crippen MR) is 100 cm³/mol. The zero-order valence-electron chi connectivity index (χ0n) is 14.5. The first-order valence-corrected chi connectivity index (χ1v) is 9.88. The Morgan fingerprint density at radius 2 is 2.16 bits per heavy atom. The van der Waals surface area contributed by atoms with Gasteiger partial charge in [0.25, 0.3) is 0 Å². The normalized spacial score (nSPS) is 19.6. The van der Waals surface area contributed by atoms with Gasteiger partial charge in [0, 0.05) is 17.5 Å². The highest BCUT2D eigenvalue weighted by Crippen LogP contribution is 2.34. The third-order valence-corrected chi connectivity index (χ3v) is 6.02. The molecular weight excluding hydrogens is 332 g/mol. The van der Waals surface area contributed by atoms with E-state index in [2.05, 4.69) is 29.8 Å². The number of rotatable bonds is 6. The van der Waals surface area contributed by atoms with Gasteiger partial charge >= 0.3 is 0 Å². The number of carbonyl (C=O) groups excluding carboxylic acids is 1. The van der Waals surface area contributed by atoms with Crippen molar-refractivity contribution in [1.29, 1.82) is 0 Å². The molecule has 1 fully saturated rings. The summed E-state index contributed by atoms with van der Waals surface area (Å²) in [6, 6.07) is 10.7. The van der Waals surface area contributed by atoms with E-state index >= 15 is 0 Å². The molecule has 1 aliphatic heterocycles. The molecule has 0 spiro atoms. The number of ether oxygens (including phenoxy) is 1. The number of hydrogen-bond acceptors (Lipinski definition) is 4. The molecule has 1 aromatic heterocycles. The van der Waals surface area contributed by atoms with Crippen LogP contribution in [0.25, 0.3) is 0 Å². The predicted octanol–water partition coefficient (Wildman–Crippen LogP) is 3.31. The van der Waals surface area contributed by atoms with E-state index in [9.17, 15) is 4.79 Å². The van der Waals surface area contributed by atoms with E-state index < -0.39 is 0 Å². The van der Waals surface area contributed by atoms with Gasteiger partial charge in [-0.25, -0.2) is 0 Å². The molecule has 1 amide bonds. The van der Waals surface area contributed by atoms with Crippen LogP contribution in [0.4, 0.5) is 0 Å². The van der Waals surface area contributed by atoms with Gasteiger partial charge in [-0.05, 0) is 54.8 Å². The molecule has 0 radical (unpaired) electrons. The third-order valence-electron chi connectivity index (χ3n) is 5.02. The van der Waals surface area contributed by atoms with E-state index in [1.165, 1.54) is 23.3 Å². The first-order chi connectivity index (χ1) is 12.2. The third kappa shape index (κ3) is 3.72. The Balaban J connectivity index is 1.49. The van der Waals surface area contributed by atoms with Crippen LogP contribution in [0.1, 0.15) is 34.9 Å². The zero-order chi connectivity index (χ0) is 17.2. The fraction of sp³-hybridized carbons (Fsp3) is 0.450. The molecule has 1 atom stereocenters. The van der Waals surface area contributed by atoms with Crippen molar-refractivity contribution in [1.82, 2.24) is 10.2 Å². The highest BCUT2D eigenvalue weighted by molar-refractivity contribution is 7.10. The highest BCUT2D eigenvalue weighted by atomic mass is 32.1. The number of thiophene rings is 1. The van der Waals surface area contributed by atoms with E-state index in [0.717, 1.165) is 24.3 Å². The Morgan fingerprint density at radius 3 is 2.96 bits per heavy atom. The maximum absolute atomic E-state index is 12.8. The van der Waals surface area contributed by atoms with Crippen molar-refractivity contribution >= 4 is 17.2 Å². The molecule has 2 aromatic rings. The summed E-state index contributed by atoms with van der Waals surface area (Å²) in [5, 5.41) is 5.47. The maximum atomic E-state index is 12.8. The molecule has 1 saturated carbocycles. The zero-order valence-corrected chi connectivity index (χ0v) is 15.3. The Morgan fingerprint density at radius 1 is 1.32 bits per heavy atom. The summed E-state index contributed by atoms with van der Waals surface area (Å²) in [6.07, 6.45) is 3.34. The van der Waals surface area contributed by atoms with Crippen molar-refractivity contribution in [3.8, 4) is 5.75 Å². The molecule has 1 aromatic carbocycles. The van der Waals surface area contributed by atoms with Crippen molar-refractivity contribution in [3.05, 3.63) is 51.7 Å². The molecule has 4 rings (SSSR count). The molecule has 2 aliphatic rings. The van der Waals surface area contributed by atoms with Crippen molar-refractivity contribution < 1.29 is 9.53 Å². The lowest BCUT2D eigenvalue weighted by molar-refractivity contribution is -0.133. The summed E-state index contributed by atoms with van der Waals surface area (Å²) >= 11 is 1.79. The molecule has 25 heavy (non-hydrogen) atoms. The quantitative estimate of drug-likeness (QED) is 0.863. The summed E-state index contributed by atoms with van der Waals surface area (Å²) in [6.45, 7) is 3.77. The summed E-state index contributed by atoms with van der Waals surface area (Å²) in [5.41, 5.74) is 2.38. The van der Waals surface area contributed by atoms with E-state index in [-0.39, 0.29) is 11.9 Å². The molecule has 0 saturated heterocycles. The maximum Gasteiger partial charge on any atom is 0.237 e. The number of nitrogens with one attached hydrogen (secondary N) is 1. The van der Waals surface area contributed by atoms with E-state index in [1.54, 1.807) is 11.3 Å². The Hall–Kier alpha value is -1.85. The Kier molecular flexibility index (Phi) is 4.77.